The Bertz CT molecular complexity index is 1820. The summed E-state index contributed by atoms with van der Waals surface area (Å²) < 4.78 is 17.5. The van der Waals surface area contributed by atoms with Gasteiger partial charge in [-0.3, -0.25) is 14.4 Å². The molecule has 1 saturated carbocycles. The quantitative estimate of drug-likeness (QED) is 0.0889. The first-order valence-electron chi connectivity index (χ1n) is 16.6. The lowest BCUT2D eigenvalue weighted by molar-refractivity contribution is -0.151. The number of nitrogens with zero attached hydrogens (tertiary/aromatic N) is 4. The molecule has 2 aromatic heterocycles. The number of aromatic nitrogens is 3. The second-order valence-electron chi connectivity index (χ2n) is 12.0. The van der Waals surface area contributed by atoms with Crippen LogP contribution in [0.1, 0.15) is 83.4 Å². The Balaban J connectivity index is 1.23. The maximum absolute atomic E-state index is 13.7. The number of carbonyl (C=O) groups excluding carboxylic acids is 4. The van der Waals surface area contributed by atoms with E-state index >= 15 is 0 Å². The van der Waals surface area contributed by atoms with Crippen LogP contribution in [0.15, 0.2) is 55.0 Å². The molecule has 1 fully saturated rings. The molecule has 0 bridgehead atoms. The predicted molar refractivity (Wildman–Crippen MR) is 182 cm³/mol. The maximum atomic E-state index is 13.7. The van der Waals surface area contributed by atoms with Crippen LogP contribution in [-0.2, 0) is 20.7 Å². The van der Waals surface area contributed by atoms with Gasteiger partial charge in [0.15, 0.2) is 5.82 Å². The first kappa shape index (κ1) is 34.9. The van der Waals surface area contributed by atoms with Crippen LogP contribution in [0.5, 0.6) is 5.75 Å². The minimum absolute atomic E-state index is 0.0181. The van der Waals surface area contributed by atoms with Crippen molar-refractivity contribution in [2.75, 3.05) is 25.3 Å². The Hall–Kier alpha value is -5.46. The second-order valence-corrected chi connectivity index (χ2v) is 12.0. The van der Waals surface area contributed by atoms with Crippen LogP contribution >= 0.6 is 0 Å². The van der Waals surface area contributed by atoms with Crippen molar-refractivity contribution in [3.05, 3.63) is 82.8 Å². The molecule has 0 radical (unpaired) electrons. The molecule has 0 saturated heterocycles. The molecule has 1 aliphatic carbocycles. The van der Waals surface area contributed by atoms with Crippen molar-refractivity contribution in [3.8, 4) is 5.75 Å². The second kappa shape index (κ2) is 16.1. The van der Waals surface area contributed by atoms with Gasteiger partial charge < -0.3 is 24.8 Å². The Morgan fingerprint density at radius 3 is 2.49 bits per heavy atom. The van der Waals surface area contributed by atoms with Crippen molar-refractivity contribution in [2.45, 2.75) is 72.3 Å². The molecule has 0 spiro atoms. The number of imide groups is 1. The Labute approximate surface area is 284 Å². The molecule has 258 valence electrons. The summed E-state index contributed by atoms with van der Waals surface area (Å²) in [5.41, 5.74) is 4.10. The number of carbonyl (C=O) groups is 4. The molecular formula is C36H42N6O7. The molecule has 2 heterocycles. The van der Waals surface area contributed by atoms with Crippen molar-refractivity contribution >= 4 is 40.9 Å². The number of anilines is 2. The van der Waals surface area contributed by atoms with Crippen LogP contribution in [0.2, 0.25) is 0 Å². The number of hydrogen-bond donors (Lipinski definition) is 2. The number of fused-ring (bicyclic) bond motifs is 1. The lowest BCUT2D eigenvalue weighted by Crippen LogP contribution is -2.38. The van der Waals surface area contributed by atoms with E-state index in [1.165, 1.54) is 17.0 Å². The van der Waals surface area contributed by atoms with E-state index in [9.17, 15) is 19.2 Å². The van der Waals surface area contributed by atoms with E-state index in [1.807, 2.05) is 19.9 Å². The van der Waals surface area contributed by atoms with Crippen LogP contribution in [0.3, 0.4) is 0 Å². The molecule has 13 nitrogen and oxygen atoms in total. The van der Waals surface area contributed by atoms with E-state index in [0.29, 0.717) is 41.2 Å². The molecule has 0 aliphatic heterocycles. The highest BCUT2D eigenvalue weighted by atomic mass is 16.7. The largest absolute Gasteiger partial charge is 0.494 e. The van der Waals surface area contributed by atoms with E-state index in [4.69, 9.17) is 14.2 Å². The molecule has 49 heavy (non-hydrogen) atoms. The van der Waals surface area contributed by atoms with Gasteiger partial charge in [0.2, 0.25) is 6.79 Å². The summed E-state index contributed by atoms with van der Waals surface area (Å²) in [6, 6.07) is 12.8. The number of rotatable bonds is 15. The van der Waals surface area contributed by atoms with Gasteiger partial charge in [-0.05, 0) is 80.5 Å². The number of nitrogens with one attached hydrogen (secondary N) is 2. The highest BCUT2D eigenvalue weighted by molar-refractivity contribution is 6.05. The lowest BCUT2D eigenvalue weighted by atomic mass is 10.1. The standard InChI is InChI=1S/C36H42N6O7/c1-5-7-17-47-28-14-9-25(10-15-28)18-31(43)48-22-49-36(46)41(16-6-2)35(45)29-20-42-32(24(29)4)33(37-21-38-42)40-30-19-26(11-8-23(30)3)34(44)39-27-12-13-27/h8-11,14-15,19-21,27H,5-7,12-13,16-18,22H2,1-4H3,(H,39,44)(H,37,38,40). The molecule has 13 heteroatoms. The number of aryl methyl sites for hydroxylation is 2. The van der Waals surface area contributed by atoms with Gasteiger partial charge in [-0.1, -0.05) is 38.5 Å². The minimum atomic E-state index is -0.941. The average molecular weight is 671 g/mol. The fraction of sp³-hybridized carbons (Fsp3) is 0.389. The minimum Gasteiger partial charge on any atom is -0.494 e. The Morgan fingerprint density at radius 2 is 1.78 bits per heavy atom. The third-order valence-electron chi connectivity index (χ3n) is 8.08. The van der Waals surface area contributed by atoms with Crippen molar-refractivity contribution in [2.24, 2.45) is 0 Å². The number of benzene rings is 2. The fourth-order valence-corrected chi connectivity index (χ4v) is 5.11. The first-order valence-corrected chi connectivity index (χ1v) is 16.6. The summed E-state index contributed by atoms with van der Waals surface area (Å²) in [4.78, 5) is 57.3. The number of esters is 1. The fourth-order valence-electron chi connectivity index (χ4n) is 5.11. The van der Waals surface area contributed by atoms with E-state index in [-0.39, 0.29) is 30.5 Å². The summed E-state index contributed by atoms with van der Waals surface area (Å²) >= 11 is 0. The number of ether oxygens (including phenoxy) is 3. The molecular weight excluding hydrogens is 628 g/mol. The average Bonchev–Trinajstić information content (AvgIpc) is 3.84. The van der Waals surface area contributed by atoms with Crippen molar-refractivity contribution in [1.82, 2.24) is 24.8 Å². The summed E-state index contributed by atoms with van der Waals surface area (Å²) in [6.45, 7) is 7.63. The smallest absolute Gasteiger partial charge is 0.419 e. The molecule has 2 aromatic carbocycles. The molecule has 5 rings (SSSR count). The lowest BCUT2D eigenvalue weighted by Gasteiger charge is -2.19. The normalized spacial score (nSPS) is 12.3. The molecule has 1 aliphatic rings. The van der Waals surface area contributed by atoms with Gasteiger partial charge in [0.05, 0.1) is 18.6 Å². The van der Waals surface area contributed by atoms with Gasteiger partial charge in [-0.15, -0.1) is 0 Å². The number of hydrogen-bond acceptors (Lipinski definition) is 10. The highest BCUT2D eigenvalue weighted by Crippen LogP contribution is 2.29. The number of amides is 3. The van der Waals surface area contributed by atoms with Gasteiger partial charge in [-0.2, -0.15) is 5.10 Å². The highest BCUT2D eigenvalue weighted by Gasteiger charge is 2.28. The van der Waals surface area contributed by atoms with Gasteiger partial charge >= 0.3 is 12.1 Å². The van der Waals surface area contributed by atoms with Crippen LogP contribution in [0, 0.1) is 13.8 Å². The summed E-state index contributed by atoms with van der Waals surface area (Å²) in [5.74, 6) is -0.173. The topological polar surface area (TPSA) is 153 Å². The van der Waals surface area contributed by atoms with E-state index < -0.39 is 24.8 Å². The number of unbranched alkanes of at least 4 members (excludes halogenated alkanes) is 1. The maximum Gasteiger partial charge on any atom is 0.419 e. The van der Waals surface area contributed by atoms with Gasteiger partial charge in [0, 0.05) is 30.0 Å². The third-order valence-corrected chi connectivity index (χ3v) is 8.08. The van der Waals surface area contributed by atoms with Gasteiger partial charge in [0.1, 0.15) is 17.6 Å². The monoisotopic (exact) mass is 670 g/mol. The van der Waals surface area contributed by atoms with Crippen molar-refractivity contribution in [1.29, 1.82) is 0 Å². The summed E-state index contributed by atoms with van der Waals surface area (Å²) in [7, 11) is 0. The van der Waals surface area contributed by atoms with Crippen LogP contribution < -0.4 is 15.4 Å². The summed E-state index contributed by atoms with van der Waals surface area (Å²) in [6.07, 6.45) is 6.37. The molecule has 4 aromatic rings. The van der Waals surface area contributed by atoms with Crippen LogP contribution in [0.4, 0.5) is 16.3 Å². The Morgan fingerprint density at radius 1 is 1.00 bits per heavy atom. The zero-order chi connectivity index (χ0) is 34.9. The van der Waals surface area contributed by atoms with Crippen molar-refractivity contribution < 1.29 is 33.4 Å². The zero-order valence-electron chi connectivity index (χ0n) is 28.3. The molecule has 2 N–H and O–H groups in total. The molecule has 0 unspecified atom stereocenters. The van der Waals surface area contributed by atoms with Crippen molar-refractivity contribution in [3.63, 3.8) is 0 Å². The Kier molecular flexibility index (Phi) is 11.4. The predicted octanol–water partition coefficient (Wildman–Crippen LogP) is 5.89. The van der Waals surface area contributed by atoms with E-state index in [1.54, 1.807) is 43.3 Å². The molecule has 3 amide bonds. The van der Waals surface area contributed by atoms with Crippen LogP contribution in [-0.4, -0.2) is 69.4 Å². The first-order chi connectivity index (χ1) is 23.7. The van der Waals surface area contributed by atoms with Gasteiger partial charge in [-0.25, -0.2) is 19.2 Å². The van der Waals surface area contributed by atoms with E-state index in [2.05, 4.69) is 27.6 Å². The van der Waals surface area contributed by atoms with E-state index in [0.717, 1.165) is 47.5 Å². The zero-order valence-corrected chi connectivity index (χ0v) is 28.3. The van der Waals surface area contributed by atoms with Crippen LogP contribution in [0.25, 0.3) is 5.52 Å². The van der Waals surface area contributed by atoms with Gasteiger partial charge in [0.25, 0.3) is 11.8 Å². The molecule has 0 atom stereocenters. The summed E-state index contributed by atoms with van der Waals surface area (Å²) in [5, 5.41) is 10.6. The third kappa shape index (κ3) is 8.92. The SMILES string of the molecule is CCCCOc1ccc(CC(=O)OCOC(=O)N(CCC)C(=O)c2cn3ncnc(Nc4cc(C(=O)NC5CC5)ccc4C)c3c2C)cc1.